The maximum Gasteiger partial charge on any atom is 0.323 e. The molecular weight excluding hydrogens is 478 g/mol. The molecule has 1 aromatic carbocycles. The number of pyridine rings is 2. The molecule has 3 heterocycles. The highest BCUT2D eigenvalue weighted by molar-refractivity contribution is 5.40. The predicted molar refractivity (Wildman–Crippen MR) is 106 cm³/mol. The summed E-state index contributed by atoms with van der Waals surface area (Å²) in [5.41, 5.74) is -5.49. The molecule has 7 nitrogen and oxygen atoms in total. The summed E-state index contributed by atoms with van der Waals surface area (Å²) in [6.07, 6.45) is 2.60. The number of nitrogens with zero attached hydrogens (tertiary/aromatic N) is 6. The van der Waals surface area contributed by atoms with Gasteiger partial charge in [-0.25, -0.2) is 27.2 Å². The highest BCUT2D eigenvalue weighted by Gasteiger charge is 2.57. The molecule has 1 atom stereocenters. The lowest BCUT2D eigenvalue weighted by atomic mass is 9.84. The molecule has 4 rings (SSSR count). The van der Waals surface area contributed by atoms with Gasteiger partial charge in [0.05, 0.1) is 12.7 Å². The maximum atomic E-state index is 15.7. The molecule has 4 aromatic rings. The minimum Gasteiger partial charge on any atom is -0.377 e. The Morgan fingerprint density at radius 3 is 2.29 bits per heavy atom. The third-order valence-electron chi connectivity index (χ3n) is 4.90. The molecule has 0 saturated heterocycles. The Hall–Kier alpha value is -4.31. The summed E-state index contributed by atoms with van der Waals surface area (Å²) in [6.45, 7) is -1.01. The molecule has 35 heavy (non-hydrogen) atoms. The second-order valence-electron chi connectivity index (χ2n) is 7.23. The number of hydrogen-bond donors (Lipinski definition) is 1. The van der Waals surface area contributed by atoms with E-state index in [-0.39, 0.29) is 11.3 Å². The van der Waals surface area contributed by atoms with Crippen LogP contribution in [0, 0.1) is 35.1 Å². The van der Waals surface area contributed by atoms with Crippen LogP contribution in [0.4, 0.5) is 26.3 Å². The second kappa shape index (κ2) is 9.15. The van der Waals surface area contributed by atoms with E-state index < -0.39 is 52.6 Å². The minimum atomic E-state index is -4.24. The summed E-state index contributed by atoms with van der Waals surface area (Å²) >= 11 is 0. The monoisotopic (exact) mass is 490 g/mol. The Kier molecular flexibility index (Phi) is 6.23. The molecule has 0 amide bonds. The van der Waals surface area contributed by atoms with Crippen molar-refractivity contribution in [2.75, 3.05) is 0 Å². The van der Waals surface area contributed by atoms with E-state index in [1.807, 2.05) is 0 Å². The number of benzene rings is 1. The highest BCUT2D eigenvalue weighted by Crippen LogP contribution is 2.46. The van der Waals surface area contributed by atoms with Crippen molar-refractivity contribution in [3.05, 3.63) is 101 Å². The van der Waals surface area contributed by atoms with E-state index in [1.165, 1.54) is 0 Å². The van der Waals surface area contributed by atoms with Gasteiger partial charge in [-0.2, -0.15) is 8.78 Å². The molecule has 0 bridgehead atoms. The third-order valence-corrected chi connectivity index (χ3v) is 4.90. The topological polar surface area (TPSA) is 89.6 Å². The number of hydrogen-bond acceptors (Lipinski definition) is 6. The van der Waals surface area contributed by atoms with Crippen LogP contribution in [0.3, 0.4) is 0 Å². The molecule has 3 aromatic heterocycles. The molecule has 0 spiro atoms. The number of aromatic nitrogens is 6. The number of aliphatic hydroxyl groups is 1. The zero-order chi connectivity index (χ0) is 25.2. The molecule has 0 fully saturated rings. The van der Waals surface area contributed by atoms with Crippen molar-refractivity contribution in [1.82, 2.24) is 30.2 Å². The second-order valence-corrected chi connectivity index (χ2v) is 7.23. The van der Waals surface area contributed by atoms with E-state index in [9.17, 15) is 22.7 Å². The number of halogens is 6. The molecule has 0 aliphatic heterocycles. The summed E-state index contributed by atoms with van der Waals surface area (Å²) in [5, 5.41) is 21.1. The minimum absolute atomic E-state index is 0.0621. The van der Waals surface area contributed by atoms with Crippen LogP contribution in [0.5, 0.6) is 0 Å². The fourth-order valence-corrected chi connectivity index (χ4v) is 3.17. The number of rotatable bonds is 5. The van der Waals surface area contributed by atoms with Crippen LogP contribution >= 0.6 is 0 Å². The van der Waals surface area contributed by atoms with E-state index in [0.717, 1.165) is 35.5 Å². The highest BCUT2D eigenvalue weighted by atomic mass is 19.3. The summed E-state index contributed by atoms with van der Waals surface area (Å²) in [6, 6.07) is 4.26. The first-order valence-corrected chi connectivity index (χ1v) is 9.66. The van der Waals surface area contributed by atoms with Gasteiger partial charge in [-0.15, -0.1) is 5.10 Å². The Morgan fingerprint density at radius 1 is 0.886 bits per heavy atom. The summed E-state index contributed by atoms with van der Waals surface area (Å²) in [5.74, 6) is -3.84. The average molecular weight is 490 g/mol. The molecule has 0 aliphatic carbocycles. The quantitative estimate of drug-likeness (QED) is 0.342. The standard InChI is InChI=1S/C22H12F6N6O/c23-14-3-4-16(17(25)7-14)21(35,11-34-12-31-32-33-34)22(27,28)20-6-2-13(9-30-20)1-5-19-18(26)8-15(24)10-29-19/h2-4,6-10,12,35H,11H2. The Balaban J connectivity index is 1.71. The van der Waals surface area contributed by atoms with Gasteiger partial charge in [0.15, 0.2) is 11.4 Å². The van der Waals surface area contributed by atoms with Crippen molar-refractivity contribution in [2.45, 2.75) is 18.1 Å². The van der Waals surface area contributed by atoms with Crippen molar-refractivity contribution in [3.63, 3.8) is 0 Å². The molecule has 1 N–H and O–H groups in total. The molecule has 178 valence electrons. The predicted octanol–water partition coefficient (Wildman–Crippen LogP) is 3.10. The molecule has 1 unspecified atom stereocenters. The van der Waals surface area contributed by atoms with Gasteiger partial charge in [-0.05, 0) is 40.6 Å². The summed E-state index contributed by atoms with van der Waals surface area (Å²) in [4.78, 5) is 7.11. The number of tetrazole rings is 1. The van der Waals surface area contributed by atoms with E-state index >= 15 is 8.78 Å². The van der Waals surface area contributed by atoms with Crippen molar-refractivity contribution >= 4 is 0 Å². The van der Waals surface area contributed by atoms with Crippen LogP contribution in [0.25, 0.3) is 0 Å². The lowest BCUT2D eigenvalue weighted by molar-refractivity contribution is -0.207. The summed E-state index contributed by atoms with van der Waals surface area (Å²) < 4.78 is 86.6. The van der Waals surface area contributed by atoms with Crippen LogP contribution in [0.2, 0.25) is 0 Å². The molecule has 13 heteroatoms. The van der Waals surface area contributed by atoms with Gasteiger partial charge < -0.3 is 5.11 Å². The van der Waals surface area contributed by atoms with Crippen LogP contribution in [0.1, 0.15) is 22.5 Å². The van der Waals surface area contributed by atoms with Gasteiger partial charge in [-0.3, -0.25) is 4.98 Å². The molecule has 0 aliphatic rings. The van der Waals surface area contributed by atoms with Crippen LogP contribution in [-0.2, 0) is 18.1 Å². The first-order chi connectivity index (χ1) is 16.6. The molecule has 0 saturated carbocycles. The zero-order valence-electron chi connectivity index (χ0n) is 17.3. The van der Waals surface area contributed by atoms with Gasteiger partial charge in [0.1, 0.15) is 35.2 Å². The fourth-order valence-electron chi connectivity index (χ4n) is 3.17. The first kappa shape index (κ1) is 23.8. The van der Waals surface area contributed by atoms with Gasteiger partial charge >= 0.3 is 5.92 Å². The Bertz CT molecular complexity index is 1420. The average Bonchev–Trinajstić information content (AvgIpc) is 3.31. The van der Waals surface area contributed by atoms with Crippen molar-refractivity contribution in [2.24, 2.45) is 0 Å². The Labute approximate surface area is 193 Å². The number of alkyl halides is 2. The third kappa shape index (κ3) is 4.69. The van der Waals surface area contributed by atoms with E-state index in [4.69, 9.17) is 0 Å². The van der Waals surface area contributed by atoms with Gasteiger partial charge in [0.2, 0.25) is 0 Å². The van der Waals surface area contributed by atoms with Gasteiger partial charge in [-0.1, -0.05) is 5.92 Å². The van der Waals surface area contributed by atoms with Crippen LogP contribution in [0.15, 0.2) is 55.1 Å². The van der Waals surface area contributed by atoms with Crippen molar-refractivity contribution < 1.29 is 31.4 Å². The summed E-state index contributed by atoms with van der Waals surface area (Å²) in [7, 11) is 0. The van der Waals surface area contributed by atoms with E-state index in [0.29, 0.717) is 24.3 Å². The lowest BCUT2D eigenvalue weighted by Gasteiger charge is -2.35. The lowest BCUT2D eigenvalue weighted by Crippen LogP contribution is -2.48. The van der Waals surface area contributed by atoms with Gasteiger partial charge in [0.25, 0.3) is 0 Å². The SMILES string of the molecule is OC(Cn1cnnn1)(c1ccc(F)cc1F)C(F)(F)c1ccc(C#Cc2ncc(F)cc2F)cn1. The molecular formula is C22H12F6N6O. The van der Waals surface area contributed by atoms with Crippen molar-refractivity contribution in [3.8, 4) is 11.8 Å². The first-order valence-electron chi connectivity index (χ1n) is 9.66. The van der Waals surface area contributed by atoms with Crippen molar-refractivity contribution in [1.29, 1.82) is 0 Å². The Morgan fingerprint density at radius 2 is 1.66 bits per heavy atom. The smallest absolute Gasteiger partial charge is 0.323 e. The largest absolute Gasteiger partial charge is 0.377 e. The fraction of sp³-hybridized carbons (Fsp3) is 0.136. The van der Waals surface area contributed by atoms with Crippen LogP contribution < -0.4 is 0 Å². The van der Waals surface area contributed by atoms with E-state index in [2.05, 4.69) is 37.3 Å². The molecule has 0 radical (unpaired) electrons. The van der Waals surface area contributed by atoms with E-state index in [1.54, 1.807) is 0 Å². The normalized spacial score (nSPS) is 13.1. The zero-order valence-corrected chi connectivity index (χ0v) is 17.3. The van der Waals surface area contributed by atoms with Gasteiger partial charge in [0, 0.05) is 29.5 Å². The maximum absolute atomic E-state index is 15.7. The van der Waals surface area contributed by atoms with Crippen LogP contribution in [-0.4, -0.2) is 35.3 Å².